The van der Waals surface area contributed by atoms with Crippen LogP contribution < -0.4 is 9.47 Å². The van der Waals surface area contributed by atoms with E-state index in [2.05, 4.69) is 6.92 Å². The second-order valence-electron chi connectivity index (χ2n) is 4.87. The zero-order valence-corrected chi connectivity index (χ0v) is 12.5. The van der Waals surface area contributed by atoms with Crippen molar-refractivity contribution >= 4 is 11.6 Å². The lowest BCUT2D eigenvalue weighted by Gasteiger charge is -2.30. The quantitative estimate of drug-likeness (QED) is 0.906. The first-order chi connectivity index (χ1) is 9.10. The van der Waals surface area contributed by atoms with E-state index in [0.717, 1.165) is 24.0 Å². The lowest BCUT2D eigenvalue weighted by molar-refractivity contribution is 0.144. The first-order valence-corrected chi connectivity index (χ1v) is 7.27. The van der Waals surface area contributed by atoms with Crippen LogP contribution in [0.15, 0.2) is 6.07 Å². The van der Waals surface area contributed by atoms with Gasteiger partial charge in [-0.2, -0.15) is 0 Å². The largest absolute Gasteiger partial charge is 0.490 e. The SMILES string of the molecule is CCOc1cc(Cl)c2c(c1OCC)[C@H](O)CCC2C. The van der Waals surface area contributed by atoms with E-state index in [1.807, 2.05) is 19.9 Å². The molecule has 0 spiro atoms. The van der Waals surface area contributed by atoms with Crippen LogP contribution in [-0.4, -0.2) is 18.3 Å². The van der Waals surface area contributed by atoms with E-state index in [4.69, 9.17) is 21.1 Å². The highest BCUT2D eigenvalue weighted by molar-refractivity contribution is 6.31. The van der Waals surface area contributed by atoms with Crippen molar-refractivity contribution in [1.29, 1.82) is 0 Å². The number of fused-ring (bicyclic) bond motifs is 1. The van der Waals surface area contributed by atoms with E-state index in [1.165, 1.54) is 0 Å². The number of aliphatic hydroxyl groups excluding tert-OH is 1. The maximum atomic E-state index is 10.3. The van der Waals surface area contributed by atoms with Crippen molar-refractivity contribution in [3.05, 3.63) is 22.2 Å². The molecule has 3 nitrogen and oxygen atoms in total. The van der Waals surface area contributed by atoms with Crippen molar-refractivity contribution in [3.8, 4) is 11.5 Å². The Balaban J connectivity index is 2.62. The molecule has 19 heavy (non-hydrogen) atoms. The number of ether oxygens (including phenoxy) is 2. The van der Waals surface area contributed by atoms with Crippen LogP contribution in [0, 0.1) is 0 Å². The number of hydrogen-bond acceptors (Lipinski definition) is 3. The minimum absolute atomic E-state index is 0.334. The van der Waals surface area contributed by atoms with Gasteiger partial charge in [-0.1, -0.05) is 18.5 Å². The fraction of sp³-hybridized carbons (Fsp3) is 0.600. The van der Waals surface area contributed by atoms with Gasteiger partial charge in [-0.15, -0.1) is 0 Å². The fourth-order valence-corrected chi connectivity index (χ4v) is 3.11. The highest BCUT2D eigenvalue weighted by Crippen LogP contribution is 2.49. The highest BCUT2D eigenvalue weighted by atomic mass is 35.5. The van der Waals surface area contributed by atoms with Gasteiger partial charge in [0.1, 0.15) is 0 Å². The summed E-state index contributed by atoms with van der Waals surface area (Å²) >= 11 is 6.37. The molecule has 1 aliphatic carbocycles. The maximum absolute atomic E-state index is 10.3. The van der Waals surface area contributed by atoms with Gasteiger partial charge in [0.25, 0.3) is 0 Å². The molecular weight excluding hydrogens is 264 g/mol. The molecule has 0 fully saturated rings. The summed E-state index contributed by atoms with van der Waals surface area (Å²) < 4.78 is 11.3. The molecule has 1 aromatic rings. The monoisotopic (exact) mass is 284 g/mol. The summed E-state index contributed by atoms with van der Waals surface area (Å²) in [5.41, 5.74) is 1.82. The summed E-state index contributed by atoms with van der Waals surface area (Å²) in [7, 11) is 0. The van der Waals surface area contributed by atoms with Gasteiger partial charge in [-0.3, -0.25) is 0 Å². The molecule has 1 aliphatic rings. The van der Waals surface area contributed by atoms with Crippen molar-refractivity contribution in [2.24, 2.45) is 0 Å². The summed E-state index contributed by atoms with van der Waals surface area (Å²) in [5.74, 6) is 1.62. The molecule has 0 bridgehead atoms. The van der Waals surface area contributed by atoms with Gasteiger partial charge < -0.3 is 14.6 Å². The van der Waals surface area contributed by atoms with E-state index < -0.39 is 6.10 Å². The minimum Gasteiger partial charge on any atom is -0.490 e. The molecule has 0 aromatic heterocycles. The van der Waals surface area contributed by atoms with Gasteiger partial charge in [0.15, 0.2) is 11.5 Å². The van der Waals surface area contributed by atoms with Crippen molar-refractivity contribution in [2.45, 2.75) is 45.6 Å². The van der Waals surface area contributed by atoms with Crippen LogP contribution in [0.25, 0.3) is 0 Å². The number of rotatable bonds is 4. The lowest BCUT2D eigenvalue weighted by Crippen LogP contribution is -2.16. The van der Waals surface area contributed by atoms with Crippen LogP contribution in [-0.2, 0) is 0 Å². The molecule has 0 saturated heterocycles. The molecule has 0 radical (unpaired) electrons. The number of hydrogen-bond donors (Lipinski definition) is 1. The summed E-state index contributed by atoms with van der Waals surface area (Å²) in [6, 6.07) is 1.81. The molecule has 106 valence electrons. The Morgan fingerprint density at radius 3 is 2.53 bits per heavy atom. The minimum atomic E-state index is -0.523. The smallest absolute Gasteiger partial charge is 0.167 e. The van der Waals surface area contributed by atoms with Gasteiger partial charge >= 0.3 is 0 Å². The average molecular weight is 285 g/mol. The summed E-state index contributed by atoms with van der Waals surface area (Å²) in [4.78, 5) is 0. The third-order valence-electron chi connectivity index (χ3n) is 3.56. The third kappa shape index (κ3) is 2.67. The van der Waals surface area contributed by atoms with Crippen LogP contribution in [0.4, 0.5) is 0 Å². The first kappa shape index (κ1) is 14.5. The Kier molecular flexibility index (Phi) is 4.58. The first-order valence-electron chi connectivity index (χ1n) is 6.90. The Bertz CT molecular complexity index is 459. The Labute approximate surface area is 119 Å². The van der Waals surface area contributed by atoms with Crippen LogP contribution in [0.1, 0.15) is 56.8 Å². The van der Waals surface area contributed by atoms with Crippen LogP contribution in [0.3, 0.4) is 0 Å². The molecular formula is C15H21ClO3. The number of aliphatic hydroxyl groups is 1. The molecule has 0 aliphatic heterocycles. The number of benzene rings is 1. The predicted molar refractivity (Wildman–Crippen MR) is 76.4 cm³/mol. The molecule has 0 heterocycles. The van der Waals surface area contributed by atoms with E-state index in [1.54, 1.807) is 0 Å². The van der Waals surface area contributed by atoms with Crippen molar-refractivity contribution in [1.82, 2.24) is 0 Å². The normalized spacial score (nSPS) is 21.9. The van der Waals surface area contributed by atoms with Crippen molar-refractivity contribution in [2.75, 3.05) is 13.2 Å². The van der Waals surface area contributed by atoms with Crippen LogP contribution in [0.2, 0.25) is 5.02 Å². The average Bonchev–Trinajstić information content (AvgIpc) is 2.37. The second kappa shape index (κ2) is 6.02. The molecule has 2 atom stereocenters. The Morgan fingerprint density at radius 2 is 1.89 bits per heavy atom. The highest BCUT2D eigenvalue weighted by Gasteiger charge is 2.31. The molecule has 2 rings (SSSR count). The standard InChI is InChI=1S/C15H21ClO3/c1-4-18-12-8-10(16)13-9(3)6-7-11(17)14(13)15(12)19-5-2/h8-9,11,17H,4-7H2,1-3H3/t9?,11-/m1/s1. The van der Waals surface area contributed by atoms with Gasteiger partial charge in [-0.05, 0) is 38.2 Å². The predicted octanol–water partition coefficient (Wildman–Crippen LogP) is 4.07. The zero-order valence-electron chi connectivity index (χ0n) is 11.7. The van der Waals surface area contributed by atoms with Gasteiger partial charge in [-0.25, -0.2) is 0 Å². The summed E-state index contributed by atoms with van der Waals surface area (Å²) in [6.45, 7) is 7.06. The summed E-state index contributed by atoms with van der Waals surface area (Å²) in [6.07, 6.45) is 1.15. The van der Waals surface area contributed by atoms with Gasteiger partial charge in [0.05, 0.1) is 19.3 Å². The molecule has 0 amide bonds. The van der Waals surface area contributed by atoms with Crippen LogP contribution in [0.5, 0.6) is 11.5 Å². The van der Waals surface area contributed by atoms with Gasteiger partial charge in [0.2, 0.25) is 0 Å². The second-order valence-corrected chi connectivity index (χ2v) is 5.28. The molecule has 1 aromatic carbocycles. The van der Waals surface area contributed by atoms with E-state index in [0.29, 0.717) is 35.7 Å². The third-order valence-corrected chi connectivity index (χ3v) is 3.87. The Morgan fingerprint density at radius 1 is 1.21 bits per heavy atom. The summed E-state index contributed by atoms with van der Waals surface area (Å²) in [5, 5.41) is 11.0. The van der Waals surface area contributed by atoms with Gasteiger partial charge in [0, 0.05) is 16.7 Å². The molecule has 4 heteroatoms. The molecule has 1 N–H and O–H groups in total. The van der Waals surface area contributed by atoms with E-state index in [-0.39, 0.29) is 0 Å². The van der Waals surface area contributed by atoms with E-state index in [9.17, 15) is 5.11 Å². The molecule has 1 unspecified atom stereocenters. The number of halogens is 1. The fourth-order valence-electron chi connectivity index (χ4n) is 2.73. The molecule has 0 saturated carbocycles. The van der Waals surface area contributed by atoms with Crippen LogP contribution >= 0.6 is 11.6 Å². The van der Waals surface area contributed by atoms with Crippen molar-refractivity contribution < 1.29 is 14.6 Å². The van der Waals surface area contributed by atoms with E-state index >= 15 is 0 Å². The zero-order chi connectivity index (χ0) is 14.0. The lowest BCUT2D eigenvalue weighted by atomic mass is 9.81. The van der Waals surface area contributed by atoms with Crippen molar-refractivity contribution in [3.63, 3.8) is 0 Å². The maximum Gasteiger partial charge on any atom is 0.167 e. The topological polar surface area (TPSA) is 38.7 Å². The Hall–Kier alpha value is -0.930.